The standard InChI is InChI=1S/C10H18N2O3S/c1-3-10(7-11)16(13,14)12-9-4-5-15-8(2)6-9/h8-10,12H,3-6H2,1-2H3. The molecule has 3 atom stereocenters. The van der Waals surface area contributed by atoms with Crippen molar-refractivity contribution in [1.29, 1.82) is 5.26 Å². The largest absolute Gasteiger partial charge is 0.378 e. The minimum Gasteiger partial charge on any atom is -0.378 e. The van der Waals surface area contributed by atoms with Crippen LogP contribution in [0.25, 0.3) is 0 Å². The van der Waals surface area contributed by atoms with Crippen LogP contribution in [-0.4, -0.2) is 32.4 Å². The fraction of sp³-hybridized carbons (Fsp3) is 0.900. The second kappa shape index (κ2) is 5.62. The first-order valence-corrected chi connectivity index (χ1v) is 7.06. The number of ether oxygens (including phenoxy) is 1. The average Bonchev–Trinajstić information content (AvgIpc) is 2.18. The molecule has 0 bridgehead atoms. The molecule has 1 aliphatic rings. The quantitative estimate of drug-likeness (QED) is 0.794. The van der Waals surface area contributed by atoms with Crippen LogP contribution >= 0.6 is 0 Å². The second-order valence-corrected chi connectivity index (χ2v) is 5.99. The molecule has 1 aliphatic heterocycles. The van der Waals surface area contributed by atoms with Crippen molar-refractivity contribution in [2.24, 2.45) is 0 Å². The van der Waals surface area contributed by atoms with Gasteiger partial charge in [0.2, 0.25) is 10.0 Å². The van der Waals surface area contributed by atoms with Crippen LogP contribution in [0.15, 0.2) is 0 Å². The molecule has 0 aromatic rings. The van der Waals surface area contributed by atoms with Crippen LogP contribution in [0.1, 0.15) is 33.1 Å². The van der Waals surface area contributed by atoms with E-state index in [0.717, 1.165) is 0 Å². The van der Waals surface area contributed by atoms with Gasteiger partial charge in [-0.2, -0.15) is 5.26 Å². The van der Waals surface area contributed by atoms with Gasteiger partial charge in [0, 0.05) is 12.6 Å². The van der Waals surface area contributed by atoms with Crippen LogP contribution in [0.5, 0.6) is 0 Å². The molecule has 0 aromatic carbocycles. The molecule has 3 unspecified atom stereocenters. The molecule has 1 fully saturated rings. The van der Waals surface area contributed by atoms with Crippen molar-refractivity contribution >= 4 is 10.0 Å². The van der Waals surface area contributed by atoms with Crippen molar-refractivity contribution in [3.8, 4) is 6.07 Å². The van der Waals surface area contributed by atoms with E-state index in [1.54, 1.807) is 6.92 Å². The lowest BCUT2D eigenvalue weighted by Crippen LogP contribution is -2.44. The van der Waals surface area contributed by atoms with Gasteiger partial charge in [0.1, 0.15) is 0 Å². The van der Waals surface area contributed by atoms with E-state index in [1.807, 2.05) is 13.0 Å². The van der Waals surface area contributed by atoms with E-state index in [4.69, 9.17) is 10.00 Å². The van der Waals surface area contributed by atoms with Crippen LogP contribution in [0.2, 0.25) is 0 Å². The number of nitrogens with zero attached hydrogens (tertiary/aromatic N) is 1. The van der Waals surface area contributed by atoms with E-state index >= 15 is 0 Å². The zero-order valence-electron chi connectivity index (χ0n) is 9.64. The third-order valence-electron chi connectivity index (χ3n) is 2.71. The van der Waals surface area contributed by atoms with Gasteiger partial charge in [0.05, 0.1) is 12.2 Å². The molecular formula is C10H18N2O3S. The number of hydrogen-bond acceptors (Lipinski definition) is 4. The molecule has 1 rings (SSSR count). The molecule has 92 valence electrons. The van der Waals surface area contributed by atoms with E-state index < -0.39 is 15.3 Å². The summed E-state index contributed by atoms with van der Waals surface area (Å²) in [5.41, 5.74) is 0. The van der Waals surface area contributed by atoms with Crippen molar-refractivity contribution in [2.45, 2.75) is 50.5 Å². The molecule has 16 heavy (non-hydrogen) atoms. The lowest BCUT2D eigenvalue weighted by Gasteiger charge is -2.28. The van der Waals surface area contributed by atoms with E-state index in [0.29, 0.717) is 25.9 Å². The molecule has 0 aromatic heterocycles. The summed E-state index contributed by atoms with van der Waals surface area (Å²) in [7, 11) is -3.51. The highest BCUT2D eigenvalue weighted by molar-refractivity contribution is 7.90. The molecule has 1 saturated heterocycles. The fourth-order valence-electron chi connectivity index (χ4n) is 1.80. The molecular weight excluding hydrogens is 228 g/mol. The first kappa shape index (κ1) is 13.4. The summed E-state index contributed by atoms with van der Waals surface area (Å²) in [6.07, 6.45) is 1.72. The van der Waals surface area contributed by atoms with Crippen molar-refractivity contribution in [3.05, 3.63) is 0 Å². The first-order chi connectivity index (χ1) is 7.49. The molecule has 0 radical (unpaired) electrons. The Morgan fingerprint density at radius 1 is 1.62 bits per heavy atom. The van der Waals surface area contributed by atoms with Crippen LogP contribution < -0.4 is 4.72 Å². The van der Waals surface area contributed by atoms with E-state index in [9.17, 15) is 8.42 Å². The summed E-state index contributed by atoms with van der Waals surface area (Å²) >= 11 is 0. The predicted octanol–water partition coefficient (Wildman–Crippen LogP) is 0.775. The molecule has 5 nitrogen and oxygen atoms in total. The Kier molecular flexibility index (Phi) is 4.71. The second-order valence-electron chi connectivity index (χ2n) is 4.09. The number of hydrogen-bond donors (Lipinski definition) is 1. The zero-order chi connectivity index (χ0) is 12.2. The molecule has 0 amide bonds. The van der Waals surface area contributed by atoms with Gasteiger partial charge in [-0.3, -0.25) is 0 Å². The Bertz CT molecular complexity index is 361. The molecule has 0 saturated carbocycles. The van der Waals surface area contributed by atoms with Gasteiger partial charge in [-0.1, -0.05) is 6.92 Å². The van der Waals surface area contributed by atoms with Crippen LogP contribution in [0.4, 0.5) is 0 Å². The Morgan fingerprint density at radius 3 is 2.81 bits per heavy atom. The lowest BCUT2D eigenvalue weighted by molar-refractivity contribution is 0.0173. The summed E-state index contributed by atoms with van der Waals surface area (Å²) in [6, 6.07) is 1.71. The number of rotatable bonds is 4. The van der Waals surface area contributed by atoms with Crippen LogP contribution in [0.3, 0.4) is 0 Å². The smallest absolute Gasteiger partial charge is 0.228 e. The molecule has 0 aliphatic carbocycles. The Balaban J connectivity index is 2.62. The van der Waals surface area contributed by atoms with Gasteiger partial charge in [-0.15, -0.1) is 0 Å². The van der Waals surface area contributed by atoms with Crippen molar-refractivity contribution in [2.75, 3.05) is 6.61 Å². The monoisotopic (exact) mass is 246 g/mol. The third kappa shape index (κ3) is 3.44. The Morgan fingerprint density at radius 2 is 2.31 bits per heavy atom. The summed E-state index contributed by atoms with van der Waals surface area (Å²) in [6.45, 7) is 4.18. The van der Waals surface area contributed by atoms with E-state index in [2.05, 4.69) is 4.72 Å². The minimum absolute atomic E-state index is 0.0728. The molecule has 1 N–H and O–H groups in total. The van der Waals surface area contributed by atoms with Crippen LogP contribution in [-0.2, 0) is 14.8 Å². The van der Waals surface area contributed by atoms with Crippen molar-refractivity contribution < 1.29 is 13.2 Å². The predicted molar refractivity (Wildman–Crippen MR) is 60.2 cm³/mol. The maximum absolute atomic E-state index is 11.8. The topological polar surface area (TPSA) is 79.2 Å². The van der Waals surface area contributed by atoms with Crippen LogP contribution in [0, 0.1) is 11.3 Å². The van der Waals surface area contributed by atoms with Gasteiger partial charge in [-0.25, -0.2) is 13.1 Å². The molecule has 6 heteroatoms. The van der Waals surface area contributed by atoms with Gasteiger partial charge in [0.15, 0.2) is 5.25 Å². The normalized spacial score (nSPS) is 28.3. The summed E-state index contributed by atoms with van der Waals surface area (Å²) in [5, 5.41) is 7.80. The minimum atomic E-state index is -3.51. The van der Waals surface area contributed by atoms with Gasteiger partial charge >= 0.3 is 0 Å². The van der Waals surface area contributed by atoms with E-state index in [-0.39, 0.29) is 12.1 Å². The highest BCUT2D eigenvalue weighted by Gasteiger charge is 2.29. The third-order valence-corrected chi connectivity index (χ3v) is 4.56. The number of nitriles is 1. The van der Waals surface area contributed by atoms with E-state index in [1.165, 1.54) is 0 Å². The molecule has 1 heterocycles. The van der Waals surface area contributed by atoms with Gasteiger partial charge in [0.25, 0.3) is 0 Å². The number of nitrogens with one attached hydrogen (secondary N) is 1. The molecule has 0 spiro atoms. The maximum atomic E-state index is 11.8. The highest BCUT2D eigenvalue weighted by Crippen LogP contribution is 2.15. The highest BCUT2D eigenvalue weighted by atomic mass is 32.2. The van der Waals surface area contributed by atoms with Crippen molar-refractivity contribution in [1.82, 2.24) is 4.72 Å². The fourth-order valence-corrected chi connectivity index (χ4v) is 3.22. The van der Waals surface area contributed by atoms with Gasteiger partial charge < -0.3 is 4.74 Å². The number of sulfonamides is 1. The average molecular weight is 246 g/mol. The Labute approximate surface area is 96.8 Å². The maximum Gasteiger partial charge on any atom is 0.228 e. The zero-order valence-corrected chi connectivity index (χ0v) is 10.5. The first-order valence-electron chi connectivity index (χ1n) is 5.52. The van der Waals surface area contributed by atoms with Crippen molar-refractivity contribution in [3.63, 3.8) is 0 Å². The lowest BCUT2D eigenvalue weighted by atomic mass is 10.1. The Hall–Kier alpha value is -0.640. The van der Waals surface area contributed by atoms with Gasteiger partial charge in [-0.05, 0) is 26.2 Å². The summed E-state index contributed by atoms with van der Waals surface area (Å²) < 4.78 is 31.5. The summed E-state index contributed by atoms with van der Waals surface area (Å²) in [5.74, 6) is 0. The SMILES string of the molecule is CCC(C#N)S(=O)(=O)NC1CCOC(C)C1. The summed E-state index contributed by atoms with van der Waals surface area (Å²) in [4.78, 5) is 0.